The molecule has 0 saturated heterocycles. The molecule has 0 rings (SSSR count). The maximum absolute atomic E-state index is 9.07. The van der Waals surface area contributed by atoms with Gasteiger partial charge in [0.1, 0.15) is 0 Å². The van der Waals surface area contributed by atoms with Gasteiger partial charge in [-0.05, 0) is 38.3 Å². The summed E-state index contributed by atoms with van der Waals surface area (Å²) < 4.78 is 0. The summed E-state index contributed by atoms with van der Waals surface area (Å²) in [6.07, 6.45) is 4.27. The minimum absolute atomic E-state index is 0.0710. The van der Waals surface area contributed by atoms with Crippen LogP contribution < -0.4 is 5.32 Å². The largest absolute Gasteiger partial charge is 0.394 e. The molecule has 0 aliphatic rings. The van der Waals surface area contributed by atoms with Gasteiger partial charge in [0.2, 0.25) is 0 Å². The molecule has 74 valence electrons. The summed E-state index contributed by atoms with van der Waals surface area (Å²) in [4.78, 5) is 0. The minimum Gasteiger partial charge on any atom is -0.394 e. The number of hydrogen-bond donors (Lipinski definition) is 2. The second-order valence-corrected chi connectivity index (χ2v) is 4.33. The predicted molar refractivity (Wildman–Crippen MR) is 56.8 cm³/mol. The second kappa shape index (κ2) is 6.75. The number of aliphatic hydroxyl groups is 1. The van der Waals surface area contributed by atoms with Crippen molar-refractivity contribution in [1.29, 1.82) is 0 Å². The molecular weight excluding hydrogens is 170 g/mol. The van der Waals surface area contributed by atoms with E-state index in [0.29, 0.717) is 0 Å². The lowest BCUT2D eigenvalue weighted by molar-refractivity contribution is 0.171. The molecule has 1 unspecified atom stereocenters. The highest BCUT2D eigenvalue weighted by Gasteiger charge is 2.18. The Balaban J connectivity index is 3.45. The highest BCUT2D eigenvalue weighted by atomic mass is 32.2. The SMILES string of the molecule is CCC(C)(CO)NCCCSC. The molecule has 12 heavy (non-hydrogen) atoms. The van der Waals surface area contributed by atoms with E-state index in [1.54, 1.807) is 0 Å². The van der Waals surface area contributed by atoms with Crippen molar-refractivity contribution in [3.05, 3.63) is 0 Å². The Morgan fingerprint density at radius 1 is 1.50 bits per heavy atom. The van der Waals surface area contributed by atoms with E-state index in [0.717, 1.165) is 13.0 Å². The van der Waals surface area contributed by atoms with Gasteiger partial charge >= 0.3 is 0 Å². The molecule has 0 spiro atoms. The van der Waals surface area contributed by atoms with E-state index in [1.165, 1.54) is 12.2 Å². The van der Waals surface area contributed by atoms with E-state index >= 15 is 0 Å². The zero-order valence-electron chi connectivity index (χ0n) is 8.39. The lowest BCUT2D eigenvalue weighted by Crippen LogP contribution is -2.45. The van der Waals surface area contributed by atoms with Crippen LogP contribution in [0.15, 0.2) is 0 Å². The minimum atomic E-state index is -0.0710. The quantitative estimate of drug-likeness (QED) is 0.598. The zero-order valence-corrected chi connectivity index (χ0v) is 9.21. The van der Waals surface area contributed by atoms with Crippen LogP contribution in [-0.4, -0.2) is 35.8 Å². The Kier molecular flexibility index (Phi) is 6.90. The lowest BCUT2D eigenvalue weighted by atomic mass is 10.0. The third kappa shape index (κ3) is 5.01. The van der Waals surface area contributed by atoms with Gasteiger partial charge in [0, 0.05) is 5.54 Å². The second-order valence-electron chi connectivity index (χ2n) is 3.35. The number of nitrogens with one attached hydrogen (secondary N) is 1. The van der Waals surface area contributed by atoms with Gasteiger partial charge in [0.25, 0.3) is 0 Å². The van der Waals surface area contributed by atoms with Crippen LogP contribution in [0.5, 0.6) is 0 Å². The fraction of sp³-hybridized carbons (Fsp3) is 1.00. The Hall–Kier alpha value is 0.270. The Morgan fingerprint density at radius 2 is 2.17 bits per heavy atom. The van der Waals surface area contributed by atoms with Crippen molar-refractivity contribution in [3.63, 3.8) is 0 Å². The fourth-order valence-electron chi connectivity index (χ4n) is 0.899. The van der Waals surface area contributed by atoms with Crippen LogP contribution in [-0.2, 0) is 0 Å². The Bertz CT molecular complexity index is 105. The highest BCUT2D eigenvalue weighted by molar-refractivity contribution is 7.98. The number of thioether (sulfide) groups is 1. The third-order valence-electron chi connectivity index (χ3n) is 2.21. The van der Waals surface area contributed by atoms with Crippen molar-refractivity contribution in [3.8, 4) is 0 Å². The van der Waals surface area contributed by atoms with Crippen LogP contribution >= 0.6 is 11.8 Å². The molecule has 3 heteroatoms. The van der Waals surface area contributed by atoms with E-state index in [9.17, 15) is 0 Å². The van der Waals surface area contributed by atoms with E-state index in [-0.39, 0.29) is 12.1 Å². The molecule has 2 N–H and O–H groups in total. The van der Waals surface area contributed by atoms with Crippen LogP contribution in [0.1, 0.15) is 26.7 Å². The van der Waals surface area contributed by atoms with Gasteiger partial charge < -0.3 is 10.4 Å². The predicted octanol–water partition coefficient (Wildman–Crippen LogP) is 1.49. The van der Waals surface area contributed by atoms with Crippen LogP contribution in [0.4, 0.5) is 0 Å². The molecule has 0 heterocycles. The number of aliphatic hydroxyl groups excluding tert-OH is 1. The summed E-state index contributed by atoms with van der Waals surface area (Å²) in [5.74, 6) is 1.19. The molecule has 0 radical (unpaired) electrons. The van der Waals surface area contributed by atoms with E-state index in [2.05, 4.69) is 25.4 Å². The maximum Gasteiger partial charge on any atom is 0.0610 e. The molecule has 0 aromatic carbocycles. The average molecular weight is 191 g/mol. The third-order valence-corrected chi connectivity index (χ3v) is 2.90. The molecule has 0 aliphatic heterocycles. The van der Waals surface area contributed by atoms with E-state index in [4.69, 9.17) is 5.11 Å². The lowest BCUT2D eigenvalue weighted by Gasteiger charge is -2.27. The van der Waals surface area contributed by atoms with Crippen molar-refractivity contribution < 1.29 is 5.11 Å². The smallest absolute Gasteiger partial charge is 0.0610 e. The van der Waals surface area contributed by atoms with E-state index in [1.807, 2.05) is 11.8 Å². The molecule has 0 aromatic heterocycles. The average Bonchev–Trinajstić information content (AvgIpc) is 2.12. The van der Waals surface area contributed by atoms with Crippen molar-refractivity contribution in [2.75, 3.05) is 25.2 Å². The number of hydrogen-bond acceptors (Lipinski definition) is 3. The topological polar surface area (TPSA) is 32.3 Å². The molecule has 2 nitrogen and oxygen atoms in total. The van der Waals surface area contributed by atoms with Gasteiger partial charge in [0.05, 0.1) is 6.61 Å². The van der Waals surface area contributed by atoms with Gasteiger partial charge in [-0.3, -0.25) is 0 Å². The summed E-state index contributed by atoms with van der Waals surface area (Å²) >= 11 is 1.86. The first-order chi connectivity index (χ1) is 5.68. The zero-order chi connectivity index (χ0) is 9.45. The monoisotopic (exact) mass is 191 g/mol. The molecule has 0 amide bonds. The molecular formula is C9H21NOS. The Morgan fingerprint density at radius 3 is 2.58 bits per heavy atom. The summed E-state index contributed by atoms with van der Waals surface area (Å²) in [6, 6.07) is 0. The van der Waals surface area contributed by atoms with Crippen LogP contribution in [0.2, 0.25) is 0 Å². The summed E-state index contributed by atoms with van der Waals surface area (Å²) in [5.41, 5.74) is -0.0710. The maximum atomic E-state index is 9.07. The van der Waals surface area contributed by atoms with Crippen molar-refractivity contribution in [2.24, 2.45) is 0 Å². The normalized spacial score (nSPS) is 16.0. The van der Waals surface area contributed by atoms with Crippen molar-refractivity contribution in [2.45, 2.75) is 32.2 Å². The highest BCUT2D eigenvalue weighted by Crippen LogP contribution is 2.07. The fourth-order valence-corrected chi connectivity index (χ4v) is 1.33. The van der Waals surface area contributed by atoms with E-state index < -0.39 is 0 Å². The molecule has 0 saturated carbocycles. The van der Waals surface area contributed by atoms with Gasteiger partial charge in [-0.2, -0.15) is 11.8 Å². The van der Waals surface area contributed by atoms with Gasteiger partial charge in [-0.25, -0.2) is 0 Å². The standard InChI is InChI=1S/C9H21NOS/c1-4-9(2,8-11)10-6-5-7-12-3/h10-11H,4-8H2,1-3H3. The summed E-state index contributed by atoms with van der Waals surface area (Å²) in [7, 11) is 0. The van der Waals surface area contributed by atoms with Crippen molar-refractivity contribution >= 4 is 11.8 Å². The summed E-state index contributed by atoms with van der Waals surface area (Å²) in [5, 5.41) is 12.4. The molecule has 1 atom stereocenters. The van der Waals surface area contributed by atoms with Crippen LogP contribution in [0.25, 0.3) is 0 Å². The molecule has 0 aromatic rings. The first kappa shape index (κ1) is 12.3. The van der Waals surface area contributed by atoms with Gasteiger partial charge in [0.15, 0.2) is 0 Å². The first-order valence-electron chi connectivity index (χ1n) is 4.53. The first-order valence-corrected chi connectivity index (χ1v) is 5.92. The molecule has 0 aliphatic carbocycles. The van der Waals surface area contributed by atoms with Gasteiger partial charge in [-0.1, -0.05) is 6.92 Å². The number of rotatable bonds is 7. The molecule has 0 fully saturated rings. The van der Waals surface area contributed by atoms with Gasteiger partial charge in [-0.15, -0.1) is 0 Å². The molecule has 0 bridgehead atoms. The Labute approximate surface area is 80.1 Å². The summed E-state index contributed by atoms with van der Waals surface area (Å²) in [6.45, 7) is 5.39. The van der Waals surface area contributed by atoms with Crippen LogP contribution in [0, 0.1) is 0 Å². The van der Waals surface area contributed by atoms with Crippen molar-refractivity contribution in [1.82, 2.24) is 5.32 Å². The van der Waals surface area contributed by atoms with Crippen LogP contribution in [0.3, 0.4) is 0 Å².